The Balaban J connectivity index is 1.25. The molecular weight excluding hydrogens is 704 g/mol. The maximum atomic E-state index is 14.1. The third-order valence-electron chi connectivity index (χ3n) is 9.20. The number of benzene rings is 4. The number of fused-ring (bicyclic) bond motifs is 2. The van der Waals surface area contributed by atoms with Gasteiger partial charge in [0.05, 0.1) is 5.52 Å². The molecule has 0 saturated heterocycles. The number of nitrogens with zero attached hydrogens (tertiary/aromatic N) is 1. The summed E-state index contributed by atoms with van der Waals surface area (Å²) in [5.41, 5.74) is 2.15. The molecule has 6 aromatic rings. The Kier molecular flexibility index (Phi) is 11.3. The lowest BCUT2D eigenvalue weighted by atomic mass is 10.0. The molecule has 0 spiro atoms. The fourth-order valence-corrected chi connectivity index (χ4v) is 6.34. The van der Waals surface area contributed by atoms with Gasteiger partial charge in [0.25, 0.3) is 17.4 Å². The van der Waals surface area contributed by atoms with Crippen LogP contribution in [0.4, 0.5) is 0 Å². The van der Waals surface area contributed by atoms with Gasteiger partial charge in [0.15, 0.2) is 0 Å². The SMILES string of the molecule is Cn1c(=O)c(C(=O)NCC(=O)O)c(O)c2cc(CNC(=O)[C@H](Cc3ccccc3)NC(=O)[C@H](Cc3c[nH]c4ccccc34)NC(=O)c3ccccc3)ccc21. The number of hydrogen-bond donors (Lipinski definition) is 7. The molecule has 2 aromatic heterocycles. The molecular formula is C41H38N6O8. The van der Waals surface area contributed by atoms with Crippen LogP contribution < -0.4 is 26.8 Å². The highest BCUT2D eigenvalue weighted by Crippen LogP contribution is 2.27. The monoisotopic (exact) mass is 742 g/mol. The molecule has 0 bridgehead atoms. The van der Waals surface area contributed by atoms with E-state index in [0.717, 1.165) is 26.6 Å². The van der Waals surface area contributed by atoms with E-state index in [4.69, 9.17) is 5.11 Å². The highest BCUT2D eigenvalue weighted by Gasteiger charge is 2.29. The van der Waals surface area contributed by atoms with Crippen LogP contribution in [0.3, 0.4) is 0 Å². The number of aromatic nitrogens is 2. The van der Waals surface area contributed by atoms with E-state index in [0.29, 0.717) is 16.6 Å². The van der Waals surface area contributed by atoms with Crippen LogP contribution in [0.5, 0.6) is 5.75 Å². The van der Waals surface area contributed by atoms with E-state index in [1.807, 2.05) is 54.6 Å². The number of para-hydroxylation sites is 1. The molecule has 0 saturated carbocycles. The molecule has 0 aliphatic rings. The molecule has 14 nitrogen and oxygen atoms in total. The third kappa shape index (κ3) is 8.71. The predicted octanol–water partition coefficient (Wildman–Crippen LogP) is 2.92. The van der Waals surface area contributed by atoms with E-state index in [-0.39, 0.29) is 24.8 Å². The molecule has 4 aromatic carbocycles. The molecule has 4 amide bonds. The first-order chi connectivity index (χ1) is 26.5. The van der Waals surface area contributed by atoms with Crippen LogP contribution >= 0.6 is 0 Å². The highest BCUT2D eigenvalue weighted by atomic mass is 16.4. The van der Waals surface area contributed by atoms with Crippen LogP contribution in [-0.4, -0.2) is 68.0 Å². The van der Waals surface area contributed by atoms with Gasteiger partial charge in [0, 0.05) is 54.5 Å². The zero-order chi connectivity index (χ0) is 39.1. The Bertz CT molecular complexity index is 2460. The van der Waals surface area contributed by atoms with E-state index >= 15 is 0 Å². The van der Waals surface area contributed by atoms with Crippen molar-refractivity contribution < 1.29 is 34.2 Å². The summed E-state index contributed by atoms with van der Waals surface area (Å²) < 4.78 is 1.15. The molecule has 0 fully saturated rings. The van der Waals surface area contributed by atoms with Gasteiger partial charge in [-0.05, 0) is 47.0 Å². The topological polar surface area (TPSA) is 212 Å². The number of carboxylic acid groups (broad SMARTS) is 1. The Morgan fingerprint density at radius 2 is 1.40 bits per heavy atom. The Hall–Kier alpha value is -7.22. The molecule has 55 heavy (non-hydrogen) atoms. The average Bonchev–Trinajstić information content (AvgIpc) is 3.61. The quantitative estimate of drug-likeness (QED) is 0.0880. The van der Waals surface area contributed by atoms with Gasteiger partial charge in [-0.25, -0.2) is 0 Å². The summed E-state index contributed by atoms with van der Waals surface area (Å²) in [6, 6.07) is 27.8. The lowest BCUT2D eigenvalue weighted by Crippen LogP contribution is -2.55. The predicted molar refractivity (Wildman–Crippen MR) is 204 cm³/mol. The fourth-order valence-electron chi connectivity index (χ4n) is 6.34. The van der Waals surface area contributed by atoms with Crippen molar-refractivity contribution in [2.75, 3.05) is 6.54 Å². The lowest BCUT2D eigenvalue weighted by molar-refractivity contribution is -0.135. The summed E-state index contributed by atoms with van der Waals surface area (Å²) in [6.45, 7) is -0.822. The van der Waals surface area contributed by atoms with Crippen LogP contribution in [0.25, 0.3) is 21.8 Å². The van der Waals surface area contributed by atoms with E-state index in [1.165, 1.54) is 13.1 Å². The van der Waals surface area contributed by atoms with Crippen molar-refractivity contribution in [2.45, 2.75) is 31.5 Å². The Labute approximate surface area is 314 Å². The van der Waals surface area contributed by atoms with Crippen LogP contribution in [0.2, 0.25) is 0 Å². The van der Waals surface area contributed by atoms with Crippen molar-refractivity contribution in [3.8, 4) is 5.75 Å². The van der Waals surface area contributed by atoms with Crippen molar-refractivity contribution in [1.82, 2.24) is 30.8 Å². The second kappa shape index (κ2) is 16.6. The minimum absolute atomic E-state index is 0.0672. The Morgan fingerprint density at radius 1 is 0.727 bits per heavy atom. The standard InChI is InChI=1S/C41H38N6O8/c1-47-33-17-16-25(18-29(33)36(50)35(41(47)55)40(54)44-23-34(48)49)21-43-38(52)31(19-24-10-4-2-5-11-24)46-39(53)32(45-37(51)26-12-6-3-7-13-26)20-27-22-42-30-15-9-8-14-28(27)30/h2-18,22,31-32,42,50H,19-21,23H2,1H3,(H,43,52)(H,44,54)(H,45,51)(H,46,53)(H,48,49)/t31-,32-/m0/s1. The van der Waals surface area contributed by atoms with E-state index in [9.17, 15) is 33.9 Å². The maximum Gasteiger partial charge on any atom is 0.322 e. The third-order valence-corrected chi connectivity index (χ3v) is 9.20. The number of aromatic amines is 1. The molecule has 0 aliphatic carbocycles. The molecule has 14 heteroatoms. The number of nitrogens with one attached hydrogen (secondary N) is 5. The number of aliphatic carboxylic acids is 1. The average molecular weight is 743 g/mol. The summed E-state index contributed by atoms with van der Waals surface area (Å²) in [5.74, 6) is -4.58. The lowest BCUT2D eigenvalue weighted by Gasteiger charge is -2.23. The first-order valence-electron chi connectivity index (χ1n) is 17.4. The normalized spacial score (nSPS) is 12.1. The zero-order valence-corrected chi connectivity index (χ0v) is 29.7. The summed E-state index contributed by atoms with van der Waals surface area (Å²) >= 11 is 0. The summed E-state index contributed by atoms with van der Waals surface area (Å²) in [7, 11) is 1.41. The van der Waals surface area contributed by atoms with Gasteiger partial charge in [-0.2, -0.15) is 0 Å². The van der Waals surface area contributed by atoms with Crippen molar-refractivity contribution in [1.29, 1.82) is 0 Å². The molecule has 2 atom stereocenters. The largest absolute Gasteiger partial charge is 0.506 e. The van der Waals surface area contributed by atoms with Crippen molar-refractivity contribution in [3.63, 3.8) is 0 Å². The van der Waals surface area contributed by atoms with Gasteiger partial charge in [-0.1, -0.05) is 72.8 Å². The van der Waals surface area contributed by atoms with Crippen LogP contribution in [0.1, 0.15) is 37.4 Å². The molecule has 2 heterocycles. The summed E-state index contributed by atoms with van der Waals surface area (Å²) in [6.07, 6.45) is 2.05. The summed E-state index contributed by atoms with van der Waals surface area (Å²) in [5, 5.41) is 31.6. The molecule has 280 valence electrons. The summed E-state index contributed by atoms with van der Waals surface area (Å²) in [4.78, 5) is 81.1. The number of rotatable bonds is 14. The van der Waals surface area contributed by atoms with Gasteiger partial charge in [0.2, 0.25) is 11.8 Å². The van der Waals surface area contributed by atoms with Crippen LogP contribution in [0, 0.1) is 0 Å². The maximum absolute atomic E-state index is 14.1. The second-order valence-corrected chi connectivity index (χ2v) is 12.9. The Morgan fingerprint density at radius 3 is 2.13 bits per heavy atom. The van der Waals surface area contributed by atoms with Gasteiger partial charge >= 0.3 is 5.97 Å². The number of hydrogen-bond acceptors (Lipinski definition) is 7. The zero-order valence-electron chi connectivity index (χ0n) is 29.7. The number of pyridine rings is 1. The molecule has 6 rings (SSSR count). The number of aromatic hydroxyl groups is 1. The number of amides is 4. The van der Waals surface area contributed by atoms with Gasteiger partial charge < -0.3 is 41.0 Å². The van der Waals surface area contributed by atoms with Crippen molar-refractivity contribution in [3.05, 3.63) is 147 Å². The van der Waals surface area contributed by atoms with Crippen LogP contribution in [-0.2, 0) is 40.8 Å². The van der Waals surface area contributed by atoms with Gasteiger partial charge in [-0.15, -0.1) is 0 Å². The molecule has 0 radical (unpaired) electrons. The van der Waals surface area contributed by atoms with E-state index in [1.54, 1.807) is 48.7 Å². The van der Waals surface area contributed by atoms with Crippen molar-refractivity contribution in [2.24, 2.45) is 7.05 Å². The first kappa shape index (κ1) is 37.5. The number of H-pyrrole nitrogens is 1. The van der Waals surface area contributed by atoms with E-state index < -0.39 is 65.1 Å². The van der Waals surface area contributed by atoms with E-state index in [2.05, 4.69) is 26.3 Å². The number of carbonyl (C=O) groups is 5. The highest BCUT2D eigenvalue weighted by molar-refractivity contribution is 6.03. The minimum atomic E-state index is -1.33. The molecule has 0 unspecified atom stereocenters. The smallest absolute Gasteiger partial charge is 0.322 e. The fraction of sp³-hybridized carbons (Fsp3) is 0.171. The van der Waals surface area contributed by atoms with Gasteiger partial charge in [0.1, 0.15) is 29.9 Å². The second-order valence-electron chi connectivity index (χ2n) is 12.9. The molecule has 7 N–H and O–H groups in total. The van der Waals surface area contributed by atoms with Crippen molar-refractivity contribution >= 4 is 51.4 Å². The number of aryl methyl sites for hydroxylation is 1. The number of carboxylic acids is 1. The van der Waals surface area contributed by atoms with Gasteiger partial charge in [-0.3, -0.25) is 28.8 Å². The minimum Gasteiger partial charge on any atom is -0.506 e. The molecule has 0 aliphatic heterocycles. The first-order valence-corrected chi connectivity index (χ1v) is 17.4. The van der Waals surface area contributed by atoms with Crippen LogP contribution in [0.15, 0.2) is 114 Å². The number of carbonyl (C=O) groups excluding carboxylic acids is 4.